The van der Waals surface area contributed by atoms with Crippen molar-refractivity contribution in [3.8, 4) is 0 Å². The Morgan fingerprint density at radius 3 is 2.44 bits per heavy atom. The van der Waals surface area contributed by atoms with Gasteiger partial charge in [0.15, 0.2) is 0 Å². The lowest BCUT2D eigenvalue weighted by Gasteiger charge is -2.34. The summed E-state index contributed by atoms with van der Waals surface area (Å²) < 4.78 is 12.9. The van der Waals surface area contributed by atoms with E-state index in [-0.39, 0.29) is 5.82 Å². The fourth-order valence-corrected chi connectivity index (χ4v) is 2.38. The predicted octanol–water partition coefficient (Wildman–Crippen LogP) is 2.18. The Kier molecular flexibility index (Phi) is 3.91. The highest BCUT2D eigenvalue weighted by Crippen LogP contribution is 2.24. The van der Waals surface area contributed by atoms with E-state index in [0.717, 1.165) is 32.6 Å². The molecule has 2 rings (SSSR count). The Balaban J connectivity index is 2.11. The first-order valence-corrected chi connectivity index (χ1v) is 6.01. The molecule has 16 heavy (non-hydrogen) atoms. The molecule has 1 fully saturated rings. The van der Waals surface area contributed by atoms with E-state index in [1.165, 1.54) is 5.56 Å². The van der Waals surface area contributed by atoms with E-state index >= 15 is 0 Å². The molecule has 0 aromatic heterocycles. The van der Waals surface area contributed by atoms with E-state index in [4.69, 9.17) is 0 Å². The summed E-state index contributed by atoms with van der Waals surface area (Å²) in [5.74, 6) is -0.154. The minimum absolute atomic E-state index is 0.154. The van der Waals surface area contributed by atoms with E-state index < -0.39 is 0 Å². The zero-order valence-electron chi connectivity index (χ0n) is 9.75. The Bertz CT molecular complexity index is 317. The smallest absolute Gasteiger partial charge is 0.123 e. The quantitative estimate of drug-likeness (QED) is 0.843. The minimum atomic E-state index is -0.154. The van der Waals surface area contributed by atoms with Gasteiger partial charge in [0, 0.05) is 32.2 Å². The number of piperazine rings is 1. The zero-order chi connectivity index (χ0) is 11.4. The van der Waals surface area contributed by atoms with E-state index in [1.54, 1.807) is 12.1 Å². The van der Waals surface area contributed by atoms with Gasteiger partial charge < -0.3 is 5.32 Å². The molecule has 0 saturated carbocycles. The molecule has 1 saturated heterocycles. The largest absolute Gasteiger partial charge is 0.314 e. The van der Waals surface area contributed by atoms with Gasteiger partial charge in [-0.1, -0.05) is 19.1 Å². The molecule has 1 unspecified atom stereocenters. The lowest BCUT2D eigenvalue weighted by Crippen LogP contribution is -2.45. The van der Waals surface area contributed by atoms with Gasteiger partial charge in [0.1, 0.15) is 5.82 Å². The van der Waals surface area contributed by atoms with Crippen LogP contribution >= 0.6 is 0 Å². The topological polar surface area (TPSA) is 15.3 Å². The van der Waals surface area contributed by atoms with Crippen LogP contribution in [0.1, 0.15) is 24.9 Å². The van der Waals surface area contributed by atoms with Crippen molar-refractivity contribution < 1.29 is 4.39 Å². The predicted molar refractivity (Wildman–Crippen MR) is 63.9 cm³/mol. The molecule has 0 bridgehead atoms. The average Bonchev–Trinajstić information content (AvgIpc) is 2.34. The van der Waals surface area contributed by atoms with Gasteiger partial charge in [0.05, 0.1) is 0 Å². The second-order valence-electron chi connectivity index (χ2n) is 4.26. The normalized spacial score (nSPS) is 19.6. The first-order chi connectivity index (χ1) is 7.81. The molecule has 1 N–H and O–H groups in total. The summed E-state index contributed by atoms with van der Waals surface area (Å²) in [7, 11) is 0. The molecule has 1 aliphatic rings. The number of nitrogens with zero attached hydrogens (tertiary/aromatic N) is 1. The molecule has 0 amide bonds. The van der Waals surface area contributed by atoms with Gasteiger partial charge >= 0.3 is 0 Å². The lowest BCUT2D eigenvalue weighted by atomic mass is 10.0. The van der Waals surface area contributed by atoms with Crippen LogP contribution in [0.15, 0.2) is 24.3 Å². The number of hydrogen-bond donors (Lipinski definition) is 1. The maximum atomic E-state index is 12.9. The van der Waals surface area contributed by atoms with Crippen molar-refractivity contribution >= 4 is 0 Å². The SMILES string of the molecule is CCC(c1ccc(F)cc1)N1CCNCC1. The lowest BCUT2D eigenvalue weighted by molar-refractivity contribution is 0.169. The third-order valence-electron chi connectivity index (χ3n) is 3.23. The molecule has 1 heterocycles. The molecule has 0 aliphatic carbocycles. The van der Waals surface area contributed by atoms with Gasteiger partial charge in [-0.15, -0.1) is 0 Å². The van der Waals surface area contributed by atoms with E-state index in [1.807, 2.05) is 12.1 Å². The number of halogens is 1. The zero-order valence-corrected chi connectivity index (χ0v) is 9.75. The number of benzene rings is 1. The second kappa shape index (κ2) is 5.41. The van der Waals surface area contributed by atoms with Crippen molar-refractivity contribution in [2.45, 2.75) is 19.4 Å². The molecule has 0 spiro atoms. The van der Waals surface area contributed by atoms with E-state index in [0.29, 0.717) is 6.04 Å². The Hall–Kier alpha value is -0.930. The third kappa shape index (κ3) is 2.60. The van der Waals surface area contributed by atoms with Crippen LogP contribution in [0, 0.1) is 5.82 Å². The fourth-order valence-electron chi connectivity index (χ4n) is 2.38. The van der Waals surface area contributed by atoms with Crippen molar-refractivity contribution in [1.29, 1.82) is 0 Å². The van der Waals surface area contributed by atoms with Gasteiger partial charge in [-0.3, -0.25) is 4.90 Å². The van der Waals surface area contributed by atoms with Gasteiger partial charge in [-0.05, 0) is 24.1 Å². The van der Waals surface area contributed by atoms with Crippen LogP contribution in [0.2, 0.25) is 0 Å². The van der Waals surface area contributed by atoms with Crippen LogP contribution in [0.25, 0.3) is 0 Å². The van der Waals surface area contributed by atoms with Crippen molar-refractivity contribution in [1.82, 2.24) is 10.2 Å². The molecule has 3 heteroatoms. The number of rotatable bonds is 3. The summed E-state index contributed by atoms with van der Waals surface area (Å²) in [5, 5.41) is 3.35. The van der Waals surface area contributed by atoms with E-state index in [9.17, 15) is 4.39 Å². The molecule has 88 valence electrons. The molecular formula is C13H19FN2. The summed E-state index contributed by atoms with van der Waals surface area (Å²) in [4.78, 5) is 2.48. The van der Waals surface area contributed by atoms with Gasteiger partial charge in [0.25, 0.3) is 0 Å². The third-order valence-corrected chi connectivity index (χ3v) is 3.23. The van der Waals surface area contributed by atoms with Gasteiger partial charge in [0.2, 0.25) is 0 Å². The van der Waals surface area contributed by atoms with Crippen molar-refractivity contribution in [2.75, 3.05) is 26.2 Å². The first kappa shape index (κ1) is 11.6. The fraction of sp³-hybridized carbons (Fsp3) is 0.538. The minimum Gasteiger partial charge on any atom is -0.314 e. The maximum absolute atomic E-state index is 12.9. The molecule has 1 aromatic carbocycles. The van der Waals surface area contributed by atoms with Crippen LogP contribution in [-0.2, 0) is 0 Å². The highest BCUT2D eigenvalue weighted by molar-refractivity contribution is 5.20. The monoisotopic (exact) mass is 222 g/mol. The van der Waals surface area contributed by atoms with Crippen LogP contribution in [0.4, 0.5) is 4.39 Å². The molecule has 1 aliphatic heterocycles. The van der Waals surface area contributed by atoms with Gasteiger partial charge in [-0.25, -0.2) is 4.39 Å². The Morgan fingerprint density at radius 2 is 1.88 bits per heavy atom. The van der Waals surface area contributed by atoms with Crippen LogP contribution in [0.3, 0.4) is 0 Å². The molecule has 1 atom stereocenters. The van der Waals surface area contributed by atoms with Crippen LogP contribution in [-0.4, -0.2) is 31.1 Å². The average molecular weight is 222 g/mol. The van der Waals surface area contributed by atoms with Crippen molar-refractivity contribution in [2.24, 2.45) is 0 Å². The molecular weight excluding hydrogens is 203 g/mol. The second-order valence-corrected chi connectivity index (χ2v) is 4.26. The summed E-state index contributed by atoms with van der Waals surface area (Å²) in [6.07, 6.45) is 1.08. The molecule has 1 aromatic rings. The van der Waals surface area contributed by atoms with Crippen molar-refractivity contribution in [3.63, 3.8) is 0 Å². The summed E-state index contributed by atoms with van der Waals surface area (Å²) in [6.45, 7) is 6.46. The molecule has 2 nitrogen and oxygen atoms in total. The summed E-state index contributed by atoms with van der Waals surface area (Å²) >= 11 is 0. The number of nitrogens with one attached hydrogen (secondary N) is 1. The first-order valence-electron chi connectivity index (χ1n) is 6.01. The highest BCUT2D eigenvalue weighted by atomic mass is 19.1. The Labute approximate surface area is 96.5 Å². The summed E-state index contributed by atoms with van der Waals surface area (Å²) in [5.41, 5.74) is 1.23. The highest BCUT2D eigenvalue weighted by Gasteiger charge is 2.20. The van der Waals surface area contributed by atoms with E-state index in [2.05, 4.69) is 17.1 Å². The molecule has 0 radical (unpaired) electrons. The maximum Gasteiger partial charge on any atom is 0.123 e. The van der Waals surface area contributed by atoms with Crippen molar-refractivity contribution in [3.05, 3.63) is 35.6 Å². The van der Waals surface area contributed by atoms with Crippen LogP contribution < -0.4 is 5.32 Å². The number of hydrogen-bond acceptors (Lipinski definition) is 2. The van der Waals surface area contributed by atoms with Crippen LogP contribution in [0.5, 0.6) is 0 Å². The summed E-state index contributed by atoms with van der Waals surface area (Å²) in [6, 6.07) is 7.36. The van der Waals surface area contributed by atoms with Gasteiger partial charge in [-0.2, -0.15) is 0 Å². The standard InChI is InChI=1S/C13H19FN2/c1-2-13(16-9-7-15-8-10-16)11-3-5-12(14)6-4-11/h3-6,13,15H,2,7-10H2,1H3. The Morgan fingerprint density at radius 1 is 1.25 bits per heavy atom.